The lowest BCUT2D eigenvalue weighted by Gasteiger charge is -2.41. The molecule has 0 saturated carbocycles. The topological polar surface area (TPSA) is 0 Å². The Labute approximate surface area is 253 Å². The lowest BCUT2D eigenvalue weighted by molar-refractivity contribution is -0.927. The average Bonchev–Trinajstić information content (AvgIpc) is 2.98. The van der Waals surface area contributed by atoms with E-state index in [2.05, 4.69) is 25.7 Å². The van der Waals surface area contributed by atoms with Crippen molar-refractivity contribution in [2.45, 2.75) is 181 Å². The molecule has 0 unspecified atom stereocenters. The van der Waals surface area contributed by atoms with Crippen LogP contribution in [0.3, 0.4) is 0 Å². The quantitative estimate of drug-likeness (QED) is 0.0628. The van der Waals surface area contributed by atoms with Crippen molar-refractivity contribution in [3.8, 4) is 11.8 Å². The summed E-state index contributed by atoms with van der Waals surface area (Å²) in [6, 6.07) is 0. The van der Waals surface area contributed by atoms with E-state index in [-0.39, 0.29) is 0 Å². The van der Waals surface area contributed by atoms with Crippen LogP contribution in [0.2, 0.25) is 0 Å². The van der Waals surface area contributed by atoms with Crippen LogP contribution in [0, 0.1) is 11.8 Å². The average molecular weight is 559 g/mol. The van der Waals surface area contributed by atoms with Gasteiger partial charge in [-0.3, -0.25) is 0 Å². The Morgan fingerprint density at radius 2 is 0.625 bits per heavy atom. The van der Waals surface area contributed by atoms with Crippen LogP contribution in [0.1, 0.15) is 181 Å². The van der Waals surface area contributed by atoms with Crippen LogP contribution in [0.15, 0.2) is 0 Å². The number of hydrogen-bond acceptors (Lipinski definition) is 0. The number of rotatable bonds is 24. The Morgan fingerprint density at radius 3 is 0.925 bits per heavy atom. The maximum atomic E-state index is 3.80. The zero-order valence-electron chi connectivity index (χ0n) is 27.9. The number of quaternary nitrogens is 2. The molecule has 0 N–H and O–H groups in total. The third kappa shape index (κ3) is 16.8. The van der Waals surface area contributed by atoms with Gasteiger partial charge in [0.15, 0.2) is 0 Å². The van der Waals surface area contributed by atoms with Gasteiger partial charge in [0.25, 0.3) is 0 Å². The van der Waals surface area contributed by atoms with E-state index in [1.807, 2.05) is 0 Å². The van der Waals surface area contributed by atoms with Crippen molar-refractivity contribution in [1.82, 2.24) is 0 Å². The molecule has 2 heteroatoms. The molecular weight excluding hydrogens is 484 g/mol. The van der Waals surface area contributed by atoms with Crippen molar-refractivity contribution in [3.63, 3.8) is 0 Å². The molecule has 2 saturated heterocycles. The molecule has 0 bridgehead atoms. The van der Waals surface area contributed by atoms with Crippen molar-refractivity contribution in [2.75, 3.05) is 52.4 Å². The first-order valence-corrected chi connectivity index (χ1v) is 18.9. The monoisotopic (exact) mass is 559 g/mol. The molecular formula is C38H74N2+2. The molecule has 0 radical (unpaired) electrons. The number of hydrogen-bond donors (Lipinski definition) is 0. The molecule has 0 aromatic carbocycles. The highest BCUT2D eigenvalue weighted by molar-refractivity contribution is 5.00. The van der Waals surface area contributed by atoms with Gasteiger partial charge in [0.05, 0.1) is 39.3 Å². The molecule has 2 heterocycles. The van der Waals surface area contributed by atoms with E-state index in [0.29, 0.717) is 0 Å². The number of likely N-dealkylation sites (tertiary alicyclic amines) is 2. The standard InChI is InChI=1S/C38H74N2/c1-3-5-7-9-11-13-15-17-19-23-31-39(33-25-21-26-34-39)37-29-30-38-40(35-27-22-28-36-40)32-24-20-18-16-14-12-10-8-6-4-2/h3-28,31-38H2,1-2H3/q+2. The summed E-state index contributed by atoms with van der Waals surface area (Å²) in [5, 5.41) is 0. The van der Waals surface area contributed by atoms with Crippen LogP contribution in [0.25, 0.3) is 0 Å². The Morgan fingerprint density at radius 1 is 0.350 bits per heavy atom. The first kappa shape index (κ1) is 35.7. The molecule has 2 aliphatic heterocycles. The maximum absolute atomic E-state index is 3.80. The van der Waals surface area contributed by atoms with Gasteiger partial charge in [0.2, 0.25) is 0 Å². The number of nitrogens with zero attached hydrogens (tertiary/aromatic N) is 2. The minimum atomic E-state index is 1.13. The Kier molecular flexibility index (Phi) is 21.4. The van der Waals surface area contributed by atoms with Crippen LogP contribution >= 0.6 is 0 Å². The summed E-state index contributed by atoms with van der Waals surface area (Å²) in [6.07, 6.45) is 37.5. The Bertz CT molecular complexity index is 565. The van der Waals surface area contributed by atoms with E-state index in [0.717, 1.165) is 13.1 Å². The lowest BCUT2D eigenvalue weighted by Crippen LogP contribution is -2.53. The van der Waals surface area contributed by atoms with Crippen molar-refractivity contribution in [1.29, 1.82) is 0 Å². The minimum Gasteiger partial charge on any atom is -0.314 e. The van der Waals surface area contributed by atoms with Gasteiger partial charge >= 0.3 is 0 Å². The lowest BCUT2D eigenvalue weighted by atomic mass is 10.0. The fourth-order valence-electron chi connectivity index (χ4n) is 7.60. The Balaban J connectivity index is 1.67. The molecule has 0 amide bonds. The predicted molar refractivity (Wildman–Crippen MR) is 179 cm³/mol. The van der Waals surface area contributed by atoms with Gasteiger partial charge in [-0.25, -0.2) is 0 Å². The van der Waals surface area contributed by atoms with Crippen molar-refractivity contribution in [2.24, 2.45) is 0 Å². The fourth-order valence-corrected chi connectivity index (χ4v) is 7.60. The van der Waals surface area contributed by atoms with E-state index < -0.39 is 0 Å². The summed E-state index contributed by atoms with van der Waals surface area (Å²) >= 11 is 0. The zero-order valence-corrected chi connectivity index (χ0v) is 27.9. The van der Waals surface area contributed by atoms with Crippen molar-refractivity contribution in [3.05, 3.63) is 0 Å². The summed E-state index contributed by atoms with van der Waals surface area (Å²) in [5.74, 6) is 7.60. The third-order valence-electron chi connectivity index (χ3n) is 10.5. The highest BCUT2D eigenvalue weighted by Crippen LogP contribution is 2.22. The predicted octanol–water partition coefficient (Wildman–Crippen LogP) is 10.8. The Hall–Kier alpha value is -0.520. The number of piperidine rings is 2. The van der Waals surface area contributed by atoms with Crippen molar-refractivity contribution < 1.29 is 8.97 Å². The molecule has 0 aliphatic carbocycles. The smallest absolute Gasteiger partial charge is 0.141 e. The first-order valence-electron chi connectivity index (χ1n) is 18.9. The van der Waals surface area contributed by atoms with E-state index in [1.54, 1.807) is 0 Å². The first-order chi connectivity index (χ1) is 19.7. The van der Waals surface area contributed by atoms with Gasteiger partial charge < -0.3 is 8.97 Å². The molecule has 0 atom stereocenters. The molecule has 0 aromatic heterocycles. The van der Waals surface area contributed by atoms with Gasteiger partial charge in [-0.05, 0) is 76.0 Å². The summed E-state index contributed by atoms with van der Waals surface area (Å²) in [6.45, 7) is 15.3. The summed E-state index contributed by atoms with van der Waals surface area (Å²) in [7, 11) is 0. The van der Waals surface area contributed by atoms with Gasteiger partial charge in [-0.1, -0.05) is 117 Å². The summed E-state index contributed by atoms with van der Waals surface area (Å²) < 4.78 is 2.64. The molecule has 2 nitrogen and oxygen atoms in total. The van der Waals surface area contributed by atoms with Crippen LogP contribution in [-0.4, -0.2) is 61.3 Å². The number of unbranched alkanes of at least 4 members (excludes halogenated alkanes) is 18. The van der Waals surface area contributed by atoms with E-state index >= 15 is 0 Å². The van der Waals surface area contributed by atoms with E-state index in [1.165, 1.54) is 215 Å². The van der Waals surface area contributed by atoms with Crippen molar-refractivity contribution >= 4 is 0 Å². The van der Waals surface area contributed by atoms with Crippen LogP contribution in [0.5, 0.6) is 0 Å². The van der Waals surface area contributed by atoms with Gasteiger partial charge in [0, 0.05) is 0 Å². The molecule has 0 spiro atoms. The second-order valence-electron chi connectivity index (χ2n) is 14.2. The third-order valence-corrected chi connectivity index (χ3v) is 10.5. The van der Waals surface area contributed by atoms with E-state index in [4.69, 9.17) is 0 Å². The highest BCUT2D eigenvalue weighted by Gasteiger charge is 2.30. The van der Waals surface area contributed by atoms with Gasteiger partial charge in [0.1, 0.15) is 13.1 Å². The molecule has 2 rings (SSSR count). The van der Waals surface area contributed by atoms with Gasteiger partial charge in [-0.2, -0.15) is 0 Å². The minimum absolute atomic E-state index is 1.13. The molecule has 0 aromatic rings. The molecule has 2 aliphatic rings. The second-order valence-corrected chi connectivity index (χ2v) is 14.2. The van der Waals surface area contributed by atoms with Crippen LogP contribution in [-0.2, 0) is 0 Å². The SMILES string of the molecule is CCCCCCCCCCCC[N+]1(CC#CC[N+]2(CCCCCCCCCCCC)CCCCC2)CCCCC1. The summed E-state index contributed by atoms with van der Waals surface area (Å²) in [5.41, 5.74) is 0. The fraction of sp³-hybridized carbons (Fsp3) is 0.947. The van der Waals surface area contributed by atoms with Gasteiger partial charge in [-0.15, -0.1) is 0 Å². The maximum Gasteiger partial charge on any atom is 0.141 e. The normalized spacial score (nSPS) is 18.4. The van der Waals surface area contributed by atoms with Crippen LogP contribution in [0.4, 0.5) is 0 Å². The van der Waals surface area contributed by atoms with Crippen LogP contribution < -0.4 is 0 Å². The molecule has 2 fully saturated rings. The van der Waals surface area contributed by atoms with E-state index in [9.17, 15) is 0 Å². The highest BCUT2D eigenvalue weighted by atomic mass is 15.4. The second kappa shape index (κ2) is 24.0. The zero-order chi connectivity index (χ0) is 28.5. The summed E-state index contributed by atoms with van der Waals surface area (Å²) in [4.78, 5) is 0. The molecule has 234 valence electrons. The largest absolute Gasteiger partial charge is 0.314 e. The molecule has 40 heavy (non-hydrogen) atoms.